The van der Waals surface area contributed by atoms with Crippen LogP contribution in [0.2, 0.25) is 0 Å². The van der Waals surface area contributed by atoms with Crippen molar-refractivity contribution < 1.29 is 14.2 Å². The molecule has 1 aromatic heterocycles. The molecule has 0 amide bonds. The zero-order chi connectivity index (χ0) is 14.7. The molecule has 0 aliphatic rings. The summed E-state index contributed by atoms with van der Waals surface area (Å²) in [5.41, 5.74) is 6.41. The monoisotopic (exact) mass is 339 g/mol. The van der Waals surface area contributed by atoms with E-state index in [0.29, 0.717) is 38.9 Å². The zero-order valence-electron chi connectivity index (χ0n) is 11.3. The second-order valence-corrected chi connectivity index (χ2v) is 4.69. The number of hydrogen-bond donors (Lipinski definition) is 1. The molecule has 0 spiro atoms. The average molecular weight is 340 g/mol. The number of methoxy groups -OCH3 is 3. The normalized spacial score (nSPS) is 10.2. The Kier molecular flexibility index (Phi) is 4.29. The van der Waals surface area contributed by atoms with Crippen molar-refractivity contribution in [2.24, 2.45) is 0 Å². The number of benzene rings is 1. The van der Waals surface area contributed by atoms with Crippen LogP contribution in [0.15, 0.2) is 22.8 Å². The average Bonchev–Trinajstić information content (AvgIpc) is 2.48. The van der Waals surface area contributed by atoms with E-state index >= 15 is 0 Å². The van der Waals surface area contributed by atoms with E-state index in [1.165, 1.54) is 0 Å². The second-order valence-electron chi connectivity index (χ2n) is 3.83. The molecule has 0 aliphatic heterocycles. The van der Waals surface area contributed by atoms with Gasteiger partial charge in [-0.1, -0.05) is 0 Å². The summed E-state index contributed by atoms with van der Waals surface area (Å²) in [6.45, 7) is 0. The highest BCUT2D eigenvalue weighted by atomic mass is 79.9. The molecule has 0 radical (unpaired) electrons. The van der Waals surface area contributed by atoms with Gasteiger partial charge < -0.3 is 19.9 Å². The van der Waals surface area contributed by atoms with Crippen LogP contribution in [-0.2, 0) is 0 Å². The van der Waals surface area contributed by atoms with Gasteiger partial charge in [0.2, 0.25) is 0 Å². The van der Waals surface area contributed by atoms with Crippen molar-refractivity contribution in [3.05, 3.63) is 22.8 Å². The Labute approximate surface area is 125 Å². The van der Waals surface area contributed by atoms with Gasteiger partial charge >= 0.3 is 0 Å². The van der Waals surface area contributed by atoms with Crippen molar-refractivity contribution in [2.75, 3.05) is 27.1 Å². The van der Waals surface area contributed by atoms with Crippen LogP contribution in [0.1, 0.15) is 0 Å². The van der Waals surface area contributed by atoms with Gasteiger partial charge in [-0.3, -0.25) is 0 Å². The summed E-state index contributed by atoms with van der Waals surface area (Å²) in [5.74, 6) is 2.47. The molecule has 0 atom stereocenters. The predicted molar refractivity (Wildman–Crippen MR) is 79.2 cm³/mol. The number of aromatic nitrogens is 2. The minimum Gasteiger partial charge on any atom is -0.496 e. The van der Waals surface area contributed by atoms with Crippen LogP contribution >= 0.6 is 15.9 Å². The van der Waals surface area contributed by atoms with Gasteiger partial charge in [-0.2, -0.15) is 0 Å². The third kappa shape index (κ3) is 2.62. The van der Waals surface area contributed by atoms with Gasteiger partial charge in [0.1, 0.15) is 28.6 Å². The Morgan fingerprint density at radius 3 is 2.10 bits per heavy atom. The first-order valence-corrected chi connectivity index (χ1v) is 6.48. The van der Waals surface area contributed by atoms with Gasteiger partial charge in [-0.15, -0.1) is 0 Å². The number of nitrogens with two attached hydrogens (primary N) is 1. The van der Waals surface area contributed by atoms with E-state index < -0.39 is 0 Å². The molecule has 1 heterocycles. The Morgan fingerprint density at radius 2 is 1.65 bits per heavy atom. The van der Waals surface area contributed by atoms with Crippen molar-refractivity contribution in [1.82, 2.24) is 9.97 Å². The zero-order valence-corrected chi connectivity index (χ0v) is 12.9. The van der Waals surface area contributed by atoms with Crippen LogP contribution in [-0.4, -0.2) is 31.3 Å². The fourth-order valence-electron chi connectivity index (χ4n) is 1.73. The molecule has 6 nitrogen and oxygen atoms in total. The summed E-state index contributed by atoms with van der Waals surface area (Å²) < 4.78 is 16.6. The highest BCUT2D eigenvalue weighted by Gasteiger charge is 2.18. The standard InChI is InChI=1S/C13H14BrN3O3/c1-18-7-4-9(19-2)11(10(5-7)20-3)13-16-6-8(14)12(15)17-13/h4-6H,1-3H3,(H2,15,16,17). The summed E-state index contributed by atoms with van der Waals surface area (Å²) in [5, 5.41) is 0. The van der Waals surface area contributed by atoms with Crippen molar-refractivity contribution >= 4 is 21.7 Å². The molecule has 2 aromatic rings. The van der Waals surface area contributed by atoms with Gasteiger partial charge in [0.05, 0.1) is 25.8 Å². The number of rotatable bonds is 4. The topological polar surface area (TPSA) is 79.5 Å². The molecule has 0 saturated heterocycles. The lowest BCUT2D eigenvalue weighted by Gasteiger charge is -2.14. The van der Waals surface area contributed by atoms with E-state index in [4.69, 9.17) is 19.9 Å². The molecule has 7 heteroatoms. The summed E-state index contributed by atoms with van der Waals surface area (Å²) in [6, 6.07) is 3.47. The van der Waals surface area contributed by atoms with E-state index in [9.17, 15) is 0 Å². The third-order valence-electron chi connectivity index (χ3n) is 2.71. The highest BCUT2D eigenvalue weighted by Crippen LogP contribution is 2.40. The largest absolute Gasteiger partial charge is 0.496 e. The Hall–Kier alpha value is -2.02. The smallest absolute Gasteiger partial charge is 0.169 e. The lowest BCUT2D eigenvalue weighted by molar-refractivity contribution is 0.377. The quantitative estimate of drug-likeness (QED) is 0.921. The molecule has 0 unspecified atom stereocenters. The molecule has 20 heavy (non-hydrogen) atoms. The number of anilines is 1. The van der Waals surface area contributed by atoms with Crippen molar-refractivity contribution in [1.29, 1.82) is 0 Å². The maximum Gasteiger partial charge on any atom is 0.169 e. The van der Waals surface area contributed by atoms with E-state index in [2.05, 4.69) is 25.9 Å². The van der Waals surface area contributed by atoms with Crippen molar-refractivity contribution in [2.45, 2.75) is 0 Å². The van der Waals surface area contributed by atoms with E-state index in [-0.39, 0.29) is 0 Å². The molecule has 0 aliphatic carbocycles. The van der Waals surface area contributed by atoms with Crippen LogP contribution in [0.3, 0.4) is 0 Å². The van der Waals surface area contributed by atoms with E-state index in [1.807, 2.05) is 0 Å². The van der Waals surface area contributed by atoms with E-state index in [1.54, 1.807) is 39.7 Å². The number of nitrogen functional groups attached to an aromatic ring is 1. The number of nitrogens with zero attached hydrogens (tertiary/aromatic N) is 2. The summed E-state index contributed by atoms with van der Waals surface area (Å²) in [7, 11) is 4.68. The van der Waals surface area contributed by atoms with Crippen molar-refractivity contribution in [3.8, 4) is 28.6 Å². The summed E-state index contributed by atoms with van der Waals surface area (Å²) in [6.07, 6.45) is 1.58. The molecule has 2 rings (SSSR count). The van der Waals surface area contributed by atoms with Gasteiger partial charge in [0.25, 0.3) is 0 Å². The molecule has 0 bridgehead atoms. The molecular formula is C13H14BrN3O3. The van der Waals surface area contributed by atoms with Gasteiger partial charge in [0, 0.05) is 18.3 Å². The Morgan fingerprint density at radius 1 is 1.05 bits per heavy atom. The highest BCUT2D eigenvalue weighted by molar-refractivity contribution is 9.10. The maximum atomic E-state index is 5.79. The van der Waals surface area contributed by atoms with Gasteiger partial charge in [-0.25, -0.2) is 9.97 Å². The van der Waals surface area contributed by atoms with Crippen molar-refractivity contribution in [3.63, 3.8) is 0 Å². The van der Waals surface area contributed by atoms with Gasteiger partial charge in [0.15, 0.2) is 5.82 Å². The molecule has 0 fully saturated rings. The maximum absolute atomic E-state index is 5.79. The number of ether oxygens (including phenoxy) is 3. The van der Waals surface area contributed by atoms with Gasteiger partial charge in [-0.05, 0) is 15.9 Å². The molecule has 1 aromatic carbocycles. The van der Waals surface area contributed by atoms with Crippen LogP contribution in [0, 0.1) is 0 Å². The Balaban J connectivity index is 2.67. The van der Waals surface area contributed by atoms with Crippen LogP contribution in [0.5, 0.6) is 17.2 Å². The third-order valence-corrected chi connectivity index (χ3v) is 3.32. The fourth-order valence-corrected chi connectivity index (χ4v) is 1.92. The van der Waals surface area contributed by atoms with Crippen LogP contribution in [0.4, 0.5) is 5.82 Å². The SMILES string of the molecule is COc1cc(OC)c(-c2ncc(Br)c(N)n2)c(OC)c1. The van der Waals surface area contributed by atoms with E-state index in [0.717, 1.165) is 0 Å². The molecular weight excluding hydrogens is 326 g/mol. The second kappa shape index (κ2) is 5.96. The first-order valence-electron chi connectivity index (χ1n) is 5.69. The summed E-state index contributed by atoms with van der Waals surface area (Å²) >= 11 is 3.26. The van der Waals surface area contributed by atoms with Crippen LogP contribution in [0.25, 0.3) is 11.4 Å². The first-order chi connectivity index (χ1) is 9.60. The molecule has 0 saturated carbocycles. The van der Waals surface area contributed by atoms with Crippen LogP contribution < -0.4 is 19.9 Å². The lowest BCUT2D eigenvalue weighted by Crippen LogP contribution is -2.01. The number of halogens is 1. The lowest BCUT2D eigenvalue weighted by atomic mass is 10.1. The fraction of sp³-hybridized carbons (Fsp3) is 0.231. The first kappa shape index (κ1) is 14.4. The predicted octanol–water partition coefficient (Wildman–Crippen LogP) is 2.51. The minimum absolute atomic E-state index is 0.343. The molecule has 2 N–H and O–H groups in total. The minimum atomic E-state index is 0.343. The number of hydrogen-bond acceptors (Lipinski definition) is 6. The Bertz CT molecular complexity index is 609. The molecule has 106 valence electrons. The summed E-state index contributed by atoms with van der Waals surface area (Å²) in [4.78, 5) is 8.48.